The highest BCUT2D eigenvalue weighted by Crippen LogP contribution is 2.25. The van der Waals surface area contributed by atoms with Crippen LogP contribution in [0.2, 0.25) is 0 Å². The van der Waals surface area contributed by atoms with Crippen LogP contribution in [0.15, 0.2) is 15.4 Å². The molecule has 1 aromatic rings. The van der Waals surface area contributed by atoms with Gasteiger partial charge in [0.1, 0.15) is 23.0 Å². The molecule has 0 aliphatic carbocycles. The number of rotatable bonds is 3. The standard InChI is InChI=1S/C14H24N2O4S/c1-11-13(9-12(10-17)20-11)21(18,19)16-7-5-15(6-8-16)14(2,3)4/h9,17H,5-8,10H2,1-4H3. The highest BCUT2D eigenvalue weighted by atomic mass is 32.2. The minimum atomic E-state index is -3.55. The summed E-state index contributed by atoms with van der Waals surface area (Å²) in [5.74, 6) is 0.608. The zero-order valence-corrected chi connectivity index (χ0v) is 13.9. The second-order valence-electron chi connectivity index (χ2n) is 6.35. The van der Waals surface area contributed by atoms with Gasteiger partial charge in [-0.05, 0) is 27.7 Å². The Kier molecular flexibility index (Phi) is 4.49. The van der Waals surface area contributed by atoms with Gasteiger partial charge in [0.2, 0.25) is 10.0 Å². The van der Waals surface area contributed by atoms with Crippen molar-refractivity contribution in [3.05, 3.63) is 17.6 Å². The quantitative estimate of drug-likeness (QED) is 0.906. The number of nitrogens with zero attached hydrogens (tertiary/aromatic N) is 2. The summed E-state index contributed by atoms with van der Waals surface area (Å²) in [6, 6.07) is 1.42. The zero-order valence-electron chi connectivity index (χ0n) is 13.1. The molecule has 120 valence electrons. The molecule has 21 heavy (non-hydrogen) atoms. The van der Waals surface area contributed by atoms with Gasteiger partial charge in [0.15, 0.2) is 0 Å². The summed E-state index contributed by atoms with van der Waals surface area (Å²) in [6.45, 7) is 10.1. The smallest absolute Gasteiger partial charge is 0.246 e. The van der Waals surface area contributed by atoms with Crippen molar-refractivity contribution in [1.29, 1.82) is 0 Å². The second-order valence-corrected chi connectivity index (χ2v) is 8.26. The molecule has 1 aromatic heterocycles. The third-order valence-electron chi connectivity index (χ3n) is 3.88. The molecule has 2 heterocycles. The van der Waals surface area contributed by atoms with E-state index in [0.717, 1.165) is 0 Å². The van der Waals surface area contributed by atoms with Crippen LogP contribution in [-0.4, -0.2) is 54.4 Å². The number of aryl methyl sites for hydroxylation is 1. The van der Waals surface area contributed by atoms with Crippen LogP contribution >= 0.6 is 0 Å². The summed E-state index contributed by atoms with van der Waals surface area (Å²) in [6.07, 6.45) is 0. The Morgan fingerprint density at radius 1 is 1.24 bits per heavy atom. The molecule has 1 aliphatic rings. The Hall–Kier alpha value is -0.890. The van der Waals surface area contributed by atoms with Gasteiger partial charge in [-0.2, -0.15) is 4.31 Å². The van der Waals surface area contributed by atoms with E-state index in [-0.39, 0.29) is 22.8 Å². The molecule has 1 aliphatic heterocycles. The summed E-state index contributed by atoms with van der Waals surface area (Å²) in [5.41, 5.74) is 0.0471. The van der Waals surface area contributed by atoms with E-state index in [0.29, 0.717) is 31.9 Å². The van der Waals surface area contributed by atoms with Crippen molar-refractivity contribution >= 4 is 10.0 Å². The molecule has 0 atom stereocenters. The van der Waals surface area contributed by atoms with Crippen LogP contribution in [0.4, 0.5) is 0 Å². The summed E-state index contributed by atoms with van der Waals surface area (Å²) in [7, 11) is -3.55. The van der Waals surface area contributed by atoms with E-state index in [1.54, 1.807) is 6.92 Å². The third-order valence-corrected chi connectivity index (χ3v) is 5.89. The number of hydrogen-bond donors (Lipinski definition) is 1. The second kappa shape index (κ2) is 5.72. The average Bonchev–Trinajstić information content (AvgIpc) is 2.80. The first-order valence-corrected chi connectivity index (χ1v) is 8.55. The predicted octanol–water partition coefficient (Wildman–Crippen LogP) is 1.19. The van der Waals surface area contributed by atoms with Gasteiger partial charge in [0, 0.05) is 37.8 Å². The minimum absolute atomic E-state index is 0.0471. The Balaban J connectivity index is 2.17. The first kappa shape index (κ1) is 16.5. The van der Waals surface area contributed by atoms with Gasteiger partial charge in [-0.25, -0.2) is 8.42 Å². The molecule has 0 saturated carbocycles. The van der Waals surface area contributed by atoms with E-state index >= 15 is 0 Å². The minimum Gasteiger partial charge on any atom is -0.462 e. The van der Waals surface area contributed by atoms with Crippen molar-refractivity contribution < 1.29 is 17.9 Å². The summed E-state index contributed by atoms with van der Waals surface area (Å²) in [5, 5.41) is 9.07. The van der Waals surface area contributed by atoms with Gasteiger partial charge < -0.3 is 9.52 Å². The maximum absolute atomic E-state index is 12.7. The molecule has 0 unspecified atom stereocenters. The van der Waals surface area contributed by atoms with Crippen molar-refractivity contribution in [2.45, 2.75) is 44.7 Å². The van der Waals surface area contributed by atoms with E-state index < -0.39 is 10.0 Å². The molecule has 1 fully saturated rings. The van der Waals surface area contributed by atoms with Crippen LogP contribution in [0.3, 0.4) is 0 Å². The molecule has 0 aromatic carbocycles. The first-order valence-electron chi connectivity index (χ1n) is 7.11. The molecule has 1 N–H and O–H groups in total. The van der Waals surface area contributed by atoms with Gasteiger partial charge in [-0.3, -0.25) is 4.90 Å². The summed E-state index contributed by atoms with van der Waals surface area (Å²) in [4.78, 5) is 2.44. The average molecular weight is 316 g/mol. The molecule has 1 saturated heterocycles. The molecule has 7 heteroatoms. The molecule has 0 spiro atoms. The van der Waals surface area contributed by atoms with Gasteiger partial charge >= 0.3 is 0 Å². The number of aliphatic hydroxyl groups excluding tert-OH is 1. The van der Waals surface area contributed by atoms with Crippen molar-refractivity contribution in [2.24, 2.45) is 0 Å². The fraction of sp³-hybridized carbons (Fsp3) is 0.714. The molecule has 0 radical (unpaired) electrons. The maximum Gasteiger partial charge on any atom is 0.246 e. The molecule has 2 rings (SSSR count). The van der Waals surface area contributed by atoms with E-state index in [2.05, 4.69) is 25.7 Å². The number of sulfonamides is 1. The molecule has 6 nitrogen and oxygen atoms in total. The van der Waals surface area contributed by atoms with Crippen LogP contribution in [0.5, 0.6) is 0 Å². The maximum atomic E-state index is 12.7. The van der Waals surface area contributed by atoms with Crippen molar-refractivity contribution in [1.82, 2.24) is 9.21 Å². The monoisotopic (exact) mass is 316 g/mol. The predicted molar refractivity (Wildman–Crippen MR) is 79.5 cm³/mol. The van der Waals surface area contributed by atoms with E-state index in [4.69, 9.17) is 9.52 Å². The van der Waals surface area contributed by atoms with Crippen molar-refractivity contribution in [3.8, 4) is 0 Å². The number of piperazine rings is 1. The number of hydrogen-bond acceptors (Lipinski definition) is 5. The Bertz CT molecular complexity index is 593. The summed E-state index contributed by atoms with van der Waals surface area (Å²) < 4.78 is 32.1. The normalized spacial score (nSPS) is 19.1. The highest BCUT2D eigenvalue weighted by molar-refractivity contribution is 7.89. The number of furan rings is 1. The lowest BCUT2D eigenvalue weighted by Gasteiger charge is -2.41. The van der Waals surface area contributed by atoms with Gasteiger partial charge in [0.25, 0.3) is 0 Å². The fourth-order valence-corrected chi connectivity index (χ4v) is 4.20. The molecular weight excluding hydrogens is 292 g/mol. The highest BCUT2D eigenvalue weighted by Gasteiger charge is 2.34. The van der Waals surface area contributed by atoms with Crippen LogP contribution < -0.4 is 0 Å². The number of aliphatic hydroxyl groups is 1. The molecule has 0 amide bonds. The molecule has 0 bridgehead atoms. The lowest BCUT2D eigenvalue weighted by molar-refractivity contribution is 0.0921. The lowest BCUT2D eigenvalue weighted by Crippen LogP contribution is -2.54. The van der Waals surface area contributed by atoms with Crippen molar-refractivity contribution in [2.75, 3.05) is 26.2 Å². The topological polar surface area (TPSA) is 74.0 Å². The molecular formula is C14H24N2O4S. The fourth-order valence-electron chi connectivity index (χ4n) is 2.60. The Morgan fingerprint density at radius 3 is 2.24 bits per heavy atom. The summed E-state index contributed by atoms with van der Waals surface area (Å²) >= 11 is 0. The Labute approximate surface area is 126 Å². The third kappa shape index (κ3) is 3.31. The van der Waals surface area contributed by atoms with Gasteiger partial charge in [-0.1, -0.05) is 0 Å². The van der Waals surface area contributed by atoms with E-state index in [1.165, 1.54) is 10.4 Å². The largest absolute Gasteiger partial charge is 0.462 e. The lowest BCUT2D eigenvalue weighted by atomic mass is 10.1. The Morgan fingerprint density at radius 2 is 1.81 bits per heavy atom. The van der Waals surface area contributed by atoms with Crippen molar-refractivity contribution in [3.63, 3.8) is 0 Å². The van der Waals surface area contributed by atoms with E-state index in [9.17, 15) is 8.42 Å². The van der Waals surface area contributed by atoms with Crippen LogP contribution in [-0.2, 0) is 16.6 Å². The van der Waals surface area contributed by atoms with Gasteiger partial charge in [-0.15, -0.1) is 0 Å². The SMILES string of the molecule is Cc1oc(CO)cc1S(=O)(=O)N1CCN(C(C)(C)C)CC1. The van der Waals surface area contributed by atoms with Crippen LogP contribution in [0.1, 0.15) is 32.3 Å². The first-order chi connectivity index (χ1) is 9.66. The van der Waals surface area contributed by atoms with Crippen LogP contribution in [0, 0.1) is 6.92 Å². The zero-order chi connectivity index (χ0) is 15.8. The van der Waals surface area contributed by atoms with Crippen LogP contribution in [0.25, 0.3) is 0 Å². The van der Waals surface area contributed by atoms with E-state index in [1.807, 2.05) is 0 Å². The van der Waals surface area contributed by atoms with Gasteiger partial charge in [0.05, 0.1) is 0 Å².